The van der Waals surface area contributed by atoms with Crippen LogP contribution in [0, 0.1) is 12.8 Å². The predicted molar refractivity (Wildman–Crippen MR) is 88.4 cm³/mol. The van der Waals surface area contributed by atoms with Crippen molar-refractivity contribution in [3.8, 4) is 0 Å². The minimum atomic E-state index is -3.60. The molecular weight excluding hydrogens is 300 g/mol. The van der Waals surface area contributed by atoms with Gasteiger partial charge >= 0.3 is 0 Å². The molecule has 1 atom stereocenters. The zero-order chi connectivity index (χ0) is 17.1. The molecule has 0 amide bonds. The van der Waals surface area contributed by atoms with Crippen LogP contribution in [0.4, 0.5) is 0 Å². The molecule has 6 heteroatoms. The molecule has 2 N–H and O–H groups in total. The number of nitrogens with zero attached hydrogens (tertiary/aromatic N) is 1. The molecule has 1 rings (SSSR count). The molecule has 1 unspecified atom stereocenters. The number of aryl methyl sites for hydroxylation is 1. The van der Waals surface area contributed by atoms with Gasteiger partial charge < -0.3 is 5.21 Å². The molecule has 5 nitrogen and oxygen atoms in total. The SMILES string of the molecule is Cc1ccc(S(=O)(=O)NC(CN(O)C(C)(C)C)C(C)C)cc1. The highest BCUT2D eigenvalue weighted by Crippen LogP contribution is 2.16. The Morgan fingerprint density at radius 2 is 1.68 bits per heavy atom. The molecule has 0 aliphatic rings. The maximum absolute atomic E-state index is 12.5. The van der Waals surface area contributed by atoms with Crippen molar-refractivity contribution in [2.75, 3.05) is 6.54 Å². The van der Waals surface area contributed by atoms with Gasteiger partial charge in [-0.1, -0.05) is 31.5 Å². The van der Waals surface area contributed by atoms with Crippen molar-refractivity contribution in [3.63, 3.8) is 0 Å². The molecule has 22 heavy (non-hydrogen) atoms. The van der Waals surface area contributed by atoms with Gasteiger partial charge in [-0.05, 0) is 45.7 Å². The third-order valence-corrected chi connectivity index (χ3v) is 5.09. The number of hydroxylamine groups is 2. The minimum absolute atomic E-state index is 0.0530. The van der Waals surface area contributed by atoms with Crippen molar-refractivity contribution in [1.82, 2.24) is 9.79 Å². The first-order valence-electron chi connectivity index (χ1n) is 7.49. The summed E-state index contributed by atoms with van der Waals surface area (Å²) in [5.74, 6) is 0.0530. The Morgan fingerprint density at radius 3 is 2.09 bits per heavy atom. The number of sulfonamides is 1. The normalized spacial score (nSPS) is 14.6. The number of benzene rings is 1. The van der Waals surface area contributed by atoms with Crippen molar-refractivity contribution < 1.29 is 13.6 Å². The quantitative estimate of drug-likeness (QED) is 0.788. The number of hydrogen-bond acceptors (Lipinski definition) is 4. The summed E-state index contributed by atoms with van der Waals surface area (Å²) >= 11 is 0. The van der Waals surface area contributed by atoms with E-state index < -0.39 is 15.6 Å². The molecule has 0 saturated carbocycles. The fraction of sp³-hybridized carbons (Fsp3) is 0.625. The van der Waals surface area contributed by atoms with Crippen molar-refractivity contribution in [1.29, 1.82) is 0 Å². The highest BCUT2D eigenvalue weighted by Gasteiger charge is 2.28. The zero-order valence-corrected chi connectivity index (χ0v) is 15.1. The summed E-state index contributed by atoms with van der Waals surface area (Å²) in [5, 5.41) is 11.3. The van der Waals surface area contributed by atoms with Gasteiger partial charge in [0.25, 0.3) is 0 Å². The second kappa shape index (κ2) is 7.08. The number of nitrogens with one attached hydrogen (secondary N) is 1. The molecule has 0 aliphatic heterocycles. The molecule has 0 heterocycles. The van der Waals surface area contributed by atoms with Crippen molar-refractivity contribution in [2.24, 2.45) is 5.92 Å². The highest BCUT2D eigenvalue weighted by molar-refractivity contribution is 7.89. The first kappa shape index (κ1) is 19.1. The Kier molecular flexibility index (Phi) is 6.15. The fourth-order valence-electron chi connectivity index (χ4n) is 1.83. The summed E-state index contributed by atoms with van der Waals surface area (Å²) < 4.78 is 27.7. The zero-order valence-electron chi connectivity index (χ0n) is 14.3. The van der Waals surface area contributed by atoms with Crippen molar-refractivity contribution >= 4 is 10.0 Å². The Bertz CT molecular complexity index is 574. The summed E-state index contributed by atoms with van der Waals surface area (Å²) in [4.78, 5) is 0.240. The fourth-order valence-corrected chi connectivity index (χ4v) is 3.20. The lowest BCUT2D eigenvalue weighted by Crippen LogP contribution is -2.50. The molecule has 0 fully saturated rings. The molecule has 1 aromatic carbocycles. The van der Waals surface area contributed by atoms with Gasteiger partial charge in [0.1, 0.15) is 0 Å². The first-order chi connectivity index (χ1) is 9.93. The van der Waals surface area contributed by atoms with Gasteiger partial charge in [-0.3, -0.25) is 0 Å². The molecule has 0 bridgehead atoms. The van der Waals surface area contributed by atoms with Gasteiger partial charge in [0, 0.05) is 18.1 Å². The summed E-state index contributed by atoms with van der Waals surface area (Å²) in [6, 6.07) is 6.35. The van der Waals surface area contributed by atoms with Crippen LogP contribution in [-0.4, -0.2) is 36.8 Å². The van der Waals surface area contributed by atoms with E-state index in [1.165, 1.54) is 5.06 Å². The van der Waals surface area contributed by atoms with Gasteiger partial charge in [-0.2, -0.15) is 5.06 Å². The van der Waals surface area contributed by atoms with Crippen LogP contribution >= 0.6 is 0 Å². The van der Waals surface area contributed by atoms with Gasteiger partial charge in [-0.15, -0.1) is 0 Å². The molecule has 0 aromatic heterocycles. The third-order valence-electron chi connectivity index (χ3n) is 3.59. The standard InChI is InChI=1S/C16H28N2O3S/c1-12(2)15(11-18(19)16(4,5)6)17-22(20,21)14-9-7-13(3)8-10-14/h7-10,12,15,17,19H,11H2,1-6H3. The van der Waals surface area contributed by atoms with Crippen LogP contribution in [0.5, 0.6) is 0 Å². The van der Waals surface area contributed by atoms with E-state index >= 15 is 0 Å². The lowest BCUT2D eigenvalue weighted by Gasteiger charge is -2.34. The van der Waals surface area contributed by atoms with Crippen LogP contribution < -0.4 is 4.72 Å². The predicted octanol–water partition coefficient (Wildman–Crippen LogP) is 2.79. The van der Waals surface area contributed by atoms with Crippen molar-refractivity contribution in [2.45, 2.75) is 58.0 Å². The highest BCUT2D eigenvalue weighted by atomic mass is 32.2. The van der Waals surface area contributed by atoms with Crippen LogP contribution in [-0.2, 0) is 10.0 Å². The third kappa shape index (κ3) is 5.35. The topological polar surface area (TPSA) is 69.6 Å². The number of rotatable bonds is 6. The van der Waals surface area contributed by atoms with Crippen molar-refractivity contribution in [3.05, 3.63) is 29.8 Å². The first-order valence-corrected chi connectivity index (χ1v) is 8.97. The maximum Gasteiger partial charge on any atom is 0.240 e. The largest absolute Gasteiger partial charge is 0.313 e. The second-order valence-electron chi connectivity index (χ2n) is 7.04. The van der Waals surface area contributed by atoms with Crippen LogP contribution in [0.3, 0.4) is 0 Å². The van der Waals surface area contributed by atoms with E-state index in [1.807, 2.05) is 41.5 Å². The Morgan fingerprint density at radius 1 is 1.18 bits per heavy atom. The minimum Gasteiger partial charge on any atom is -0.313 e. The van der Waals surface area contributed by atoms with Gasteiger partial charge in [0.15, 0.2) is 0 Å². The van der Waals surface area contributed by atoms with Crippen LogP contribution in [0.2, 0.25) is 0 Å². The number of hydrogen-bond donors (Lipinski definition) is 2. The molecule has 0 radical (unpaired) electrons. The summed E-state index contributed by atoms with van der Waals surface area (Å²) in [5.41, 5.74) is 0.566. The Balaban J connectivity index is 2.93. The van der Waals surface area contributed by atoms with Gasteiger partial charge in [0.05, 0.1) is 4.90 Å². The summed E-state index contributed by atoms with van der Waals surface area (Å²) in [7, 11) is -3.60. The van der Waals surface area contributed by atoms with E-state index in [0.29, 0.717) is 0 Å². The average Bonchev–Trinajstić information content (AvgIpc) is 2.36. The summed E-state index contributed by atoms with van der Waals surface area (Å²) in [6.45, 7) is 11.6. The molecule has 1 aromatic rings. The Hall–Kier alpha value is -0.950. The Labute approximate surface area is 134 Å². The van der Waals surface area contributed by atoms with Gasteiger partial charge in [-0.25, -0.2) is 13.1 Å². The van der Waals surface area contributed by atoms with Crippen LogP contribution in [0.1, 0.15) is 40.2 Å². The lowest BCUT2D eigenvalue weighted by molar-refractivity contribution is -0.161. The van der Waals surface area contributed by atoms with E-state index in [1.54, 1.807) is 24.3 Å². The smallest absolute Gasteiger partial charge is 0.240 e. The molecule has 126 valence electrons. The van der Waals surface area contributed by atoms with E-state index in [-0.39, 0.29) is 23.4 Å². The monoisotopic (exact) mass is 328 g/mol. The molecule has 0 aliphatic carbocycles. The van der Waals surface area contributed by atoms with Crippen LogP contribution in [0.25, 0.3) is 0 Å². The molecule has 0 saturated heterocycles. The lowest BCUT2D eigenvalue weighted by atomic mass is 10.0. The maximum atomic E-state index is 12.5. The average molecular weight is 328 g/mol. The van der Waals surface area contributed by atoms with E-state index in [0.717, 1.165) is 5.56 Å². The van der Waals surface area contributed by atoms with E-state index in [4.69, 9.17) is 0 Å². The molecule has 0 spiro atoms. The van der Waals surface area contributed by atoms with Gasteiger partial charge in [0.2, 0.25) is 10.0 Å². The second-order valence-corrected chi connectivity index (χ2v) is 8.75. The summed E-state index contributed by atoms with van der Waals surface area (Å²) in [6.07, 6.45) is 0. The molecular formula is C16H28N2O3S. The van der Waals surface area contributed by atoms with Crippen LogP contribution in [0.15, 0.2) is 29.2 Å². The van der Waals surface area contributed by atoms with E-state index in [9.17, 15) is 13.6 Å². The van der Waals surface area contributed by atoms with E-state index in [2.05, 4.69) is 4.72 Å².